The van der Waals surface area contributed by atoms with E-state index in [1.54, 1.807) is 12.1 Å². The van der Waals surface area contributed by atoms with E-state index in [2.05, 4.69) is 72.7 Å². The highest BCUT2D eigenvalue weighted by Crippen LogP contribution is 2.40. The van der Waals surface area contributed by atoms with Crippen molar-refractivity contribution in [2.75, 3.05) is 6.26 Å². The van der Waals surface area contributed by atoms with Crippen molar-refractivity contribution < 1.29 is 18.8 Å². The summed E-state index contributed by atoms with van der Waals surface area (Å²) < 4.78 is 13.8. The Labute approximate surface area is 192 Å². The predicted octanol–water partition coefficient (Wildman–Crippen LogP) is 7.09. The third kappa shape index (κ3) is 6.66. The molecule has 0 aliphatic rings. The smallest absolute Gasteiger partial charge is 0.307 e. The zero-order chi connectivity index (χ0) is 21.9. The Morgan fingerprint density at radius 3 is 2.21 bits per heavy atom. The van der Waals surface area contributed by atoms with Crippen LogP contribution in [0.5, 0.6) is 17.2 Å². The van der Waals surface area contributed by atoms with Gasteiger partial charge in [0.2, 0.25) is 0 Å². The van der Waals surface area contributed by atoms with Crippen LogP contribution in [-0.4, -0.2) is 22.1 Å². The molecule has 0 saturated carbocycles. The van der Waals surface area contributed by atoms with Crippen LogP contribution in [0.4, 0.5) is 0 Å². The molecule has 1 atom stereocenters. The number of halogens is 2. The first-order valence-corrected chi connectivity index (χ1v) is 12.4. The minimum absolute atomic E-state index is 0.0479. The molecule has 0 aliphatic carbocycles. The fourth-order valence-corrected chi connectivity index (χ4v) is 4.60. The van der Waals surface area contributed by atoms with Gasteiger partial charge in [-0.2, -0.15) is 0 Å². The van der Waals surface area contributed by atoms with E-state index in [-0.39, 0.29) is 28.3 Å². The Morgan fingerprint density at radius 2 is 1.72 bits per heavy atom. The number of rotatable bonds is 7. The summed E-state index contributed by atoms with van der Waals surface area (Å²) >= 11 is 6.75. The predicted molar refractivity (Wildman–Crippen MR) is 127 cm³/mol. The lowest BCUT2D eigenvalue weighted by Gasteiger charge is -2.19. The molecule has 2 aromatic carbocycles. The fraction of sp³-hybridized carbons (Fsp3) is 0.409. The Kier molecular flexibility index (Phi) is 8.10. The molecule has 0 heterocycles. The van der Waals surface area contributed by atoms with Crippen molar-refractivity contribution in [2.24, 2.45) is 0 Å². The summed E-state index contributed by atoms with van der Waals surface area (Å²) in [6.45, 7) is 10.8. The second-order valence-corrected chi connectivity index (χ2v) is 12.1. The summed E-state index contributed by atoms with van der Waals surface area (Å²) in [5, 5.41) is 9.00. The highest BCUT2D eigenvalue weighted by Gasteiger charge is 2.34. The molecule has 1 unspecified atom stereocenters. The average molecular weight is 547 g/mol. The maximum Gasteiger partial charge on any atom is 0.307 e. The molecule has 0 aliphatic heterocycles. The van der Waals surface area contributed by atoms with E-state index < -0.39 is 5.97 Å². The van der Waals surface area contributed by atoms with E-state index in [1.165, 1.54) is 0 Å². The zero-order valence-electron chi connectivity index (χ0n) is 17.5. The van der Waals surface area contributed by atoms with Crippen LogP contribution in [0.15, 0.2) is 39.3 Å². The van der Waals surface area contributed by atoms with Crippen LogP contribution in [-0.2, 0) is 22.4 Å². The minimum atomic E-state index is -0.875. The molecule has 2 rings (SSSR count). The lowest BCUT2D eigenvalue weighted by atomic mass is 10.0. The molecule has 158 valence electrons. The van der Waals surface area contributed by atoms with Crippen LogP contribution in [0.1, 0.15) is 51.7 Å². The van der Waals surface area contributed by atoms with Gasteiger partial charge in [-0.25, -0.2) is 0 Å². The Hall–Kier alpha value is -1.18. The number of benzene rings is 2. The molecular formula is C22H27Br2O4S+. The van der Waals surface area contributed by atoms with Gasteiger partial charge in [0.25, 0.3) is 0 Å². The van der Waals surface area contributed by atoms with Gasteiger partial charge >= 0.3 is 5.97 Å². The van der Waals surface area contributed by atoms with Crippen molar-refractivity contribution in [1.82, 2.24) is 0 Å². The second-order valence-electron chi connectivity index (χ2n) is 8.07. The van der Waals surface area contributed by atoms with Gasteiger partial charge in [0.1, 0.15) is 12.0 Å². The van der Waals surface area contributed by atoms with E-state index in [0.29, 0.717) is 26.0 Å². The van der Waals surface area contributed by atoms with Gasteiger partial charge in [-0.1, -0.05) is 13.8 Å². The van der Waals surface area contributed by atoms with Crippen LogP contribution in [0.2, 0.25) is 0 Å². The molecule has 0 saturated heterocycles. The van der Waals surface area contributed by atoms with Crippen molar-refractivity contribution in [2.45, 2.75) is 51.7 Å². The second kappa shape index (κ2) is 9.75. The Balaban J connectivity index is 2.32. The number of hydrogen-bond donors (Lipinski definition) is 1. The van der Waals surface area contributed by atoms with E-state index in [1.807, 2.05) is 18.2 Å². The SMILES string of the molecule is CC(C)c1cc(Oc2c(Br)cc(CC(=O)O)cc2Br)ccc1O[S+](C)C(C)(C)C. The molecule has 0 spiro atoms. The fourth-order valence-electron chi connectivity index (χ4n) is 2.48. The topological polar surface area (TPSA) is 55.8 Å². The molecule has 2 aromatic rings. The first-order chi connectivity index (χ1) is 13.4. The number of aliphatic carboxylic acids is 1. The van der Waals surface area contributed by atoms with Gasteiger partial charge in [-0.15, -0.1) is 0 Å². The van der Waals surface area contributed by atoms with Crippen LogP contribution in [0, 0.1) is 0 Å². The molecule has 4 nitrogen and oxygen atoms in total. The van der Waals surface area contributed by atoms with Crippen molar-refractivity contribution in [3.63, 3.8) is 0 Å². The van der Waals surface area contributed by atoms with Crippen LogP contribution >= 0.6 is 31.9 Å². The molecular weight excluding hydrogens is 520 g/mol. The molecule has 7 heteroatoms. The van der Waals surface area contributed by atoms with Crippen LogP contribution in [0.25, 0.3) is 0 Å². The standard InChI is InChI=1S/C22H26Br2O4S/c1-13(2)16-12-15(7-8-19(16)28-29(6)22(3,4)5)27-21-17(23)9-14(10-18(21)24)11-20(25)26/h7-10,12-13H,11H2,1-6H3/p+1. The van der Waals surface area contributed by atoms with E-state index in [4.69, 9.17) is 14.0 Å². The van der Waals surface area contributed by atoms with Gasteiger partial charge in [-0.05, 0) is 94.4 Å². The molecule has 1 N–H and O–H groups in total. The molecule has 29 heavy (non-hydrogen) atoms. The van der Waals surface area contributed by atoms with E-state index in [9.17, 15) is 4.79 Å². The minimum Gasteiger partial charge on any atom is -0.481 e. The average Bonchev–Trinajstić information content (AvgIpc) is 2.57. The van der Waals surface area contributed by atoms with Gasteiger partial charge in [-0.3, -0.25) is 8.98 Å². The Bertz CT molecular complexity index is 868. The maximum atomic E-state index is 11.0. The summed E-state index contributed by atoms with van der Waals surface area (Å²) in [7, 11) is 0. The molecule has 0 bridgehead atoms. The number of carbonyl (C=O) groups is 1. The number of carboxylic acids is 1. The largest absolute Gasteiger partial charge is 0.481 e. The summed E-state index contributed by atoms with van der Waals surface area (Å²) in [6, 6.07) is 9.39. The molecule has 0 fully saturated rings. The zero-order valence-corrected chi connectivity index (χ0v) is 21.5. The maximum absolute atomic E-state index is 11.0. The van der Waals surface area contributed by atoms with Crippen LogP contribution < -0.4 is 8.92 Å². The van der Waals surface area contributed by atoms with Gasteiger partial charge in [0, 0.05) is 5.56 Å². The van der Waals surface area contributed by atoms with Crippen LogP contribution in [0.3, 0.4) is 0 Å². The summed E-state index contributed by atoms with van der Waals surface area (Å²) in [6.07, 6.45) is 2.06. The molecule has 0 aromatic heterocycles. The summed E-state index contributed by atoms with van der Waals surface area (Å²) in [4.78, 5) is 11.0. The van der Waals surface area contributed by atoms with Gasteiger partial charge < -0.3 is 9.84 Å². The van der Waals surface area contributed by atoms with Gasteiger partial charge in [0.05, 0.1) is 15.4 Å². The van der Waals surface area contributed by atoms with E-state index >= 15 is 0 Å². The first kappa shape index (κ1) is 24.1. The third-order valence-electron chi connectivity index (χ3n) is 4.31. The summed E-state index contributed by atoms with van der Waals surface area (Å²) in [5.41, 5.74) is 1.77. The number of carboxylic acid groups (broad SMARTS) is 1. The Morgan fingerprint density at radius 1 is 1.14 bits per heavy atom. The van der Waals surface area contributed by atoms with Crippen molar-refractivity contribution in [1.29, 1.82) is 0 Å². The number of ether oxygens (including phenoxy) is 1. The van der Waals surface area contributed by atoms with Crippen molar-refractivity contribution >= 4 is 49.0 Å². The number of hydrogen-bond acceptors (Lipinski definition) is 3. The lowest BCUT2D eigenvalue weighted by molar-refractivity contribution is -0.136. The highest BCUT2D eigenvalue weighted by molar-refractivity contribution is 9.11. The normalized spacial score (nSPS) is 12.7. The molecule has 0 amide bonds. The van der Waals surface area contributed by atoms with Crippen molar-refractivity contribution in [3.8, 4) is 17.2 Å². The monoisotopic (exact) mass is 545 g/mol. The summed E-state index contributed by atoms with van der Waals surface area (Å²) in [5.74, 6) is 1.57. The third-order valence-corrected chi connectivity index (χ3v) is 7.65. The van der Waals surface area contributed by atoms with Gasteiger partial charge in [0.15, 0.2) is 27.4 Å². The first-order valence-electron chi connectivity index (χ1n) is 9.24. The molecule has 0 radical (unpaired) electrons. The van der Waals surface area contributed by atoms with Crippen molar-refractivity contribution in [3.05, 3.63) is 50.4 Å². The highest BCUT2D eigenvalue weighted by atomic mass is 79.9. The van der Waals surface area contributed by atoms with E-state index in [0.717, 1.165) is 11.3 Å². The quantitative estimate of drug-likeness (QED) is 0.376. The lowest BCUT2D eigenvalue weighted by Crippen LogP contribution is -2.31.